The zero-order chi connectivity index (χ0) is 13.7. The molecule has 0 aromatic heterocycles. The number of benzene rings is 1. The molecule has 0 unspecified atom stereocenters. The summed E-state index contributed by atoms with van der Waals surface area (Å²) in [5, 5.41) is 12.4. The second kappa shape index (κ2) is 6.09. The highest BCUT2D eigenvalue weighted by Crippen LogP contribution is 2.34. The molecule has 0 heterocycles. The van der Waals surface area contributed by atoms with E-state index >= 15 is 0 Å². The van der Waals surface area contributed by atoms with E-state index in [0.29, 0.717) is 6.42 Å². The predicted octanol–water partition coefficient (Wildman–Crippen LogP) is 3.02. The molecule has 1 aliphatic carbocycles. The van der Waals surface area contributed by atoms with Crippen molar-refractivity contribution in [1.82, 2.24) is 5.32 Å². The standard InChI is InChI=1S/C16H23NO2/c1-16(8-3-2-4-9-16)12-17-15(19)11-13-6-5-7-14(18)10-13/h5-7,10,18H,2-4,8-9,11-12H2,1H3,(H,17,19). The Morgan fingerprint density at radius 1 is 1.32 bits per heavy atom. The van der Waals surface area contributed by atoms with E-state index in [1.165, 1.54) is 32.1 Å². The first-order valence-corrected chi connectivity index (χ1v) is 7.12. The van der Waals surface area contributed by atoms with Gasteiger partial charge < -0.3 is 10.4 Å². The number of nitrogens with one attached hydrogen (secondary N) is 1. The fourth-order valence-corrected chi connectivity index (χ4v) is 2.81. The van der Waals surface area contributed by atoms with Gasteiger partial charge in [-0.3, -0.25) is 4.79 Å². The van der Waals surface area contributed by atoms with Gasteiger partial charge in [-0.25, -0.2) is 0 Å². The number of phenols is 1. The van der Waals surface area contributed by atoms with Crippen molar-refractivity contribution in [1.29, 1.82) is 0 Å². The van der Waals surface area contributed by atoms with Gasteiger partial charge in [0.15, 0.2) is 0 Å². The Balaban J connectivity index is 1.81. The van der Waals surface area contributed by atoms with Crippen LogP contribution in [0, 0.1) is 5.41 Å². The minimum absolute atomic E-state index is 0.0393. The van der Waals surface area contributed by atoms with Crippen LogP contribution >= 0.6 is 0 Å². The summed E-state index contributed by atoms with van der Waals surface area (Å²) in [5.74, 6) is 0.252. The van der Waals surface area contributed by atoms with Crippen LogP contribution in [0.2, 0.25) is 0 Å². The van der Waals surface area contributed by atoms with Crippen LogP contribution in [0.4, 0.5) is 0 Å². The van der Waals surface area contributed by atoms with Crippen LogP contribution in [0.5, 0.6) is 5.75 Å². The minimum atomic E-state index is 0.0393. The molecule has 1 aromatic carbocycles. The maximum Gasteiger partial charge on any atom is 0.224 e. The van der Waals surface area contributed by atoms with Crippen molar-refractivity contribution in [2.45, 2.75) is 45.4 Å². The lowest BCUT2D eigenvalue weighted by Gasteiger charge is -2.33. The van der Waals surface area contributed by atoms with Gasteiger partial charge in [0.25, 0.3) is 0 Å². The van der Waals surface area contributed by atoms with Crippen molar-refractivity contribution in [2.75, 3.05) is 6.54 Å². The van der Waals surface area contributed by atoms with Crippen LogP contribution < -0.4 is 5.32 Å². The molecule has 3 heteroatoms. The molecule has 2 N–H and O–H groups in total. The van der Waals surface area contributed by atoms with Crippen LogP contribution in [0.1, 0.15) is 44.6 Å². The first-order chi connectivity index (χ1) is 9.07. The summed E-state index contributed by atoms with van der Waals surface area (Å²) < 4.78 is 0. The molecule has 1 aromatic rings. The second-order valence-electron chi connectivity index (χ2n) is 5.99. The third-order valence-corrected chi connectivity index (χ3v) is 4.05. The van der Waals surface area contributed by atoms with E-state index in [9.17, 15) is 9.90 Å². The number of phenolic OH excluding ortho intramolecular Hbond substituents is 1. The van der Waals surface area contributed by atoms with Gasteiger partial charge in [0.1, 0.15) is 5.75 Å². The molecule has 0 radical (unpaired) electrons. The Morgan fingerprint density at radius 3 is 2.74 bits per heavy atom. The summed E-state index contributed by atoms with van der Waals surface area (Å²) in [6.07, 6.45) is 6.63. The van der Waals surface area contributed by atoms with Gasteiger partial charge in [-0.2, -0.15) is 0 Å². The quantitative estimate of drug-likeness (QED) is 0.875. The smallest absolute Gasteiger partial charge is 0.224 e. The summed E-state index contributed by atoms with van der Waals surface area (Å²) in [6, 6.07) is 6.88. The molecule has 0 bridgehead atoms. The normalized spacial score (nSPS) is 17.9. The fourth-order valence-electron chi connectivity index (χ4n) is 2.81. The summed E-state index contributed by atoms with van der Waals surface area (Å²) in [5.41, 5.74) is 1.12. The first kappa shape index (κ1) is 13.9. The molecule has 0 spiro atoms. The summed E-state index contributed by atoms with van der Waals surface area (Å²) in [7, 11) is 0. The van der Waals surface area contributed by atoms with Gasteiger partial charge in [0.2, 0.25) is 5.91 Å². The van der Waals surface area contributed by atoms with Crippen LogP contribution in [0.3, 0.4) is 0 Å². The van der Waals surface area contributed by atoms with E-state index in [1.54, 1.807) is 18.2 Å². The van der Waals surface area contributed by atoms with Gasteiger partial charge in [-0.05, 0) is 36.0 Å². The maximum absolute atomic E-state index is 11.9. The van der Waals surface area contributed by atoms with Crippen molar-refractivity contribution in [2.24, 2.45) is 5.41 Å². The molecule has 0 saturated heterocycles. The Labute approximate surface area is 115 Å². The van der Waals surface area contributed by atoms with Gasteiger partial charge in [-0.15, -0.1) is 0 Å². The lowest BCUT2D eigenvalue weighted by molar-refractivity contribution is -0.121. The Kier molecular flexibility index (Phi) is 4.46. The fraction of sp³-hybridized carbons (Fsp3) is 0.562. The Morgan fingerprint density at radius 2 is 2.05 bits per heavy atom. The molecular weight excluding hydrogens is 238 g/mol. The van der Waals surface area contributed by atoms with Crippen LogP contribution in [0.15, 0.2) is 24.3 Å². The van der Waals surface area contributed by atoms with E-state index in [1.807, 2.05) is 6.07 Å². The molecule has 1 aliphatic rings. The molecule has 104 valence electrons. The molecule has 0 aliphatic heterocycles. The van der Waals surface area contributed by atoms with E-state index in [-0.39, 0.29) is 17.1 Å². The highest BCUT2D eigenvalue weighted by molar-refractivity contribution is 5.78. The van der Waals surface area contributed by atoms with Gasteiger partial charge >= 0.3 is 0 Å². The second-order valence-corrected chi connectivity index (χ2v) is 5.99. The third-order valence-electron chi connectivity index (χ3n) is 4.05. The van der Waals surface area contributed by atoms with Crippen LogP contribution in [-0.2, 0) is 11.2 Å². The Bertz CT molecular complexity index is 436. The van der Waals surface area contributed by atoms with E-state index in [0.717, 1.165) is 12.1 Å². The third kappa shape index (κ3) is 4.27. The zero-order valence-corrected chi connectivity index (χ0v) is 11.6. The van der Waals surface area contributed by atoms with E-state index in [2.05, 4.69) is 12.2 Å². The molecular formula is C16H23NO2. The minimum Gasteiger partial charge on any atom is -0.508 e. The number of hydrogen-bond acceptors (Lipinski definition) is 2. The number of rotatable bonds is 4. The van der Waals surface area contributed by atoms with Gasteiger partial charge in [0, 0.05) is 6.54 Å². The average molecular weight is 261 g/mol. The molecule has 3 nitrogen and oxygen atoms in total. The van der Waals surface area contributed by atoms with Crippen molar-refractivity contribution in [3.63, 3.8) is 0 Å². The summed E-state index contributed by atoms with van der Waals surface area (Å²) >= 11 is 0. The number of carbonyl (C=O) groups is 1. The van der Waals surface area contributed by atoms with E-state index < -0.39 is 0 Å². The van der Waals surface area contributed by atoms with Crippen LogP contribution in [-0.4, -0.2) is 17.6 Å². The first-order valence-electron chi connectivity index (χ1n) is 7.12. The topological polar surface area (TPSA) is 49.3 Å². The van der Waals surface area contributed by atoms with Crippen molar-refractivity contribution < 1.29 is 9.90 Å². The molecule has 1 saturated carbocycles. The lowest BCUT2D eigenvalue weighted by Crippen LogP contribution is -2.37. The van der Waals surface area contributed by atoms with Gasteiger partial charge in [-0.1, -0.05) is 38.3 Å². The molecule has 1 fully saturated rings. The van der Waals surface area contributed by atoms with Crippen molar-refractivity contribution in [3.05, 3.63) is 29.8 Å². The predicted molar refractivity (Wildman–Crippen MR) is 76.0 cm³/mol. The SMILES string of the molecule is CC1(CNC(=O)Cc2cccc(O)c2)CCCCC1. The molecule has 1 amide bonds. The highest BCUT2D eigenvalue weighted by Gasteiger charge is 2.26. The number of carbonyl (C=O) groups excluding carboxylic acids is 1. The molecule has 2 rings (SSSR count). The summed E-state index contributed by atoms with van der Waals surface area (Å²) in [6.45, 7) is 3.03. The zero-order valence-electron chi connectivity index (χ0n) is 11.6. The summed E-state index contributed by atoms with van der Waals surface area (Å²) in [4.78, 5) is 11.9. The maximum atomic E-state index is 11.9. The number of amides is 1. The van der Waals surface area contributed by atoms with Gasteiger partial charge in [0.05, 0.1) is 6.42 Å². The van der Waals surface area contributed by atoms with Crippen LogP contribution in [0.25, 0.3) is 0 Å². The average Bonchev–Trinajstić information content (AvgIpc) is 2.38. The van der Waals surface area contributed by atoms with E-state index in [4.69, 9.17) is 0 Å². The highest BCUT2D eigenvalue weighted by atomic mass is 16.3. The van der Waals surface area contributed by atoms with Crippen molar-refractivity contribution in [3.8, 4) is 5.75 Å². The van der Waals surface area contributed by atoms with Crippen molar-refractivity contribution >= 4 is 5.91 Å². The molecule has 0 atom stereocenters. The molecule has 19 heavy (non-hydrogen) atoms. The number of hydrogen-bond donors (Lipinski definition) is 2. The largest absolute Gasteiger partial charge is 0.508 e. The monoisotopic (exact) mass is 261 g/mol. The number of aromatic hydroxyl groups is 1. The lowest BCUT2D eigenvalue weighted by atomic mass is 9.76. The Hall–Kier alpha value is -1.51.